The Kier molecular flexibility index (Phi) is 7.57. The number of carbonyl (C=O) groups is 1. The van der Waals surface area contributed by atoms with Crippen LogP contribution in [0.1, 0.15) is 60.9 Å². The molecule has 4 heteroatoms. The summed E-state index contributed by atoms with van der Waals surface area (Å²) in [5.41, 5.74) is 2.06. The third-order valence-corrected chi connectivity index (χ3v) is 5.41. The van der Waals surface area contributed by atoms with E-state index in [9.17, 15) is 4.79 Å². The van der Waals surface area contributed by atoms with Crippen molar-refractivity contribution in [2.75, 3.05) is 26.2 Å². The van der Waals surface area contributed by atoms with E-state index in [1.54, 1.807) is 0 Å². The van der Waals surface area contributed by atoms with Gasteiger partial charge < -0.3 is 9.80 Å². The van der Waals surface area contributed by atoms with E-state index in [1.807, 2.05) is 24.3 Å². The lowest BCUT2D eigenvalue weighted by molar-refractivity contribution is 0.0579. The first-order chi connectivity index (χ1) is 11.2. The highest BCUT2D eigenvalue weighted by Crippen LogP contribution is 2.23. The SMILES string of the molecule is Cc1ccc(C(=O)N2CCCCC2CCN2CCCCC2)cc1.Cl. The van der Waals surface area contributed by atoms with Crippen molar-refractivity contribution in [1.29, 1.82) is 0 Å². The second-order valence-corrected chi connectivity index (χ2v) is 7.21. The minimum atomic E-state index is 0. The standard InChI is InChI=1S/C20H30N2O.ClH/c1-17-8-10-18(11-9-17)20(23)22-15-6-3-7-19(22)12-16-21-13-4-2-5-14-21;/h8-11,19H,2-7,12-16H2,1H3;1H. The summed E-state index contributed by atoms with van der Waals surface area (Å²) in [6.45, 7) is 6.65. The highest BCUT2D eigenvalue weighted by Gasteiger charge is 2.27. The molecule has 0 spiro atoms. The Morgan fingerprint density at radius 3 is 2.38 bits per heavy atom. The van der Waals surface area contributed by atoms with Gasteiger partial charge in [0.2, 0.25) is 0 Å². The van der Waals surface area contributed by atoms with Gasteiger partial charge >= 0.3 is 0 Å². The van der Waals surface area contributed by atoms with E-state index in [4.69, 9.17) is 0 Å². The summed E-state index contributed by atoms with van der Waals surface area (Å²) >= 11 is 0. The molecule has 3 nitrogen and oxygen atoms in total. The molecule has 2 heterocycles. The van der Waals surface area contributed by atoms with Crippen molar-refractivity contribution in [2.24, 2.45) is 0 Å². The zero-order chi connectivity index (χ0) is 16.1. The van der Waals surface area contributed by atoms with E-state index in [2.05, 4.69) is 16.7 Å². The van der Waals surface area contributed by atoms with Crippen LogP contribution in [0.25, 0.3) is 0 Å². The smallest absolute Gasteiger partial charge is 0.254 e. The summed E-state index contributed by atoms with van der Waals surface area (Å²) in [6, 6.07) is 8.47. The van der Waals surface area contributed by atoms with E-state index in [0.717, 1.165) is 31.5 Å². The van der Waals surface area contributed by atoms with Crippen LogP contribution in [-0.4, -0.2) is 47.9 Å². The molecule has 1 amide bonds. The van der Waals surface area contributed by atoms with Crippen molar-refractivity contribution in [2.45, 2.75) is 57.9 Å². The van der Waals surface area contributed by atoms with Gasteiger partial charge in [-0.15, -0.1) is 12.4 Å². The largest absolute Gasteiger partial charge is 0.336 e. The summed E-state index contributed by atoms with van der Waals surface area (Å²) in [7, 11) is 0. The number of piperidine rings is 2. The first-order valence-corrected chi connectivity index (χ1v) is 9.34. The van der Waals surface area contributed by atoms with E-state index in [-0.39, 0.29) is 18.3 Å². The number of rotatable bonds is 4. The maximum absolute atomic E-state index is 12.9. The summed E-state index contributed by atoms with van der Waals surface area (Å²) in [4.78, 5) is 17.6. The number of halogens is 1. The Morgan fingerprint density at radius 2 is 1.67 bits per heavy atom. The van der Waals surface area contributed by atoms with Crippen LogP contribution >= 0.6 is 12.4 Å². The van der Waals surface area contributed by atoms with Crippen LogP contribution in [0.3, 0.4) is 0 Å². The Hall–Kier alpha value is -1.06. The predicted molar refractivity (Wildman–Crippen MR) is 102 cm³/mol. The third kappa shape index (κ3) is 4.97. The first-order valence-electron chi connectivity index (χ1n) is 9.34. The van der Waals surface area contributed by atoms with Crippen LogP contribution in [0.2, 0.25) is 0 Å². The Labute approximate surface area is 152 Å². The van der Waals surface area contributed by atoms with Crippen LogP contribution in [0.15, 0.2) is 24.3 Å². The Morgan fingerprint density at radius 1 is 1.00 bits per heavy atom. The number of benzene rings is 1. The van der Waals surface area contributed by atoms with Gasteiger partial charge in [-0.1, -0.05) is 24.1 Å². The quantitative estimate of drug-likeness (QED) is 0.808. The molecule has 1 aromatic rings. The van der Waals surface area contributed by atoms with Crippen molar-refractivity contribution in [3.63, 3.8) is 0 Å². The van der Waals surface area contributed by atoms with Gasteiger partial charge in [0.05, 0.1) is 0 Å². The zero-order valence-electron chi connectivity index (χ0n) is 14.9. The molecule has 0 N–H and O–H groups in total. The highest BCUT2D eigenvalue weighted by molar-refractivity contribution is 5.94. The fraction of sp³-hybridized carbons (Fsp3) is 0.650. The number of nitrogens with zero attached hydrogens (tertiary/aromatic N) is 2. The Bertz CT molecular complexity index is 511. The first kappa shape index (κ1) is 19.3. The number of hydrogen-bond donors (Lipinski definition) is 0. The van der Waals surface area contributed by atoms with Crippen molar-refractivity contribution < 1.29 is 4.79 Å². The number of carbonyl (C=O) groups excluding carboxylic acids is 1. The van der Waals surface area contributed by atoms with Crippen molar-refractivity contribution in [1.82, 2.24) is 9.80 Å². The van der Waals surface area contributed by atoms with Gasteiger partial charge in [0.1, 0.15) is 0 Å². The predicted octanol–water partition coefficient (Wildman–Crippen LogP) is 4.29. The number of aryl methyl sites for hydroxylation is 1. The average Bonchev–Trinajstić information content (AvgIpc) is 2.61. The molecule has 0 radical (unpaired) electrons. The summed E-state index contributed by atoms with van der Waals surface area (Å²) in [5, 5.41) is 0. The lowest BCUT2D eigenvalue weighted by Gasteiger charge is -2.37. The van der Waals surface area contributed by atoms with E-state index in [0.29, 0.717) is 6.04 Å². The molecular formula is C20H31ClN2O. The topological polar surface area (TPSA) is 23.6 Å². The van der Waals surface area contributed by atoms with Crippen molar-refractivity contribution >= 4 is 18.3 Å². The van der Waals surface area contributed by atoms with Crippen molar-refractivity contribution in [3.05, 3.63) is 35.4 Å². The maximum atomic E-state index is 12.9. The summed E-state index contributed by atoms with van der Waals surface area (Å²) in [6.07, 6.45) is 8.80. The molecule has 24 heavy (non-hydrogen) atoms. The molecular weight excluding hydrogens is 320 g/mol. The maximum Gasteiger partial charge on any atom is 0.254 e. The van der Waals surface area contributed by atoms with E-state index in [1.165, 1.54) is 50.8 Å². The van der Waals surface area contributed by atoms with Gasteiger partial charge in [0, 0.05) is 24.7 Å². The minimum absolute atomic E-state index is 0. The molecule has 2 aliphatic heterocycles. The van der Waals surface area contributed by atoms with Crippen molar-refractivity contribution in [3.8, 4) is 0 Å². The molecule has 2 fully saturated rings. The minimum Gasteiger partial charge on any atom is -0.336 e. The van der Waals surface area contributed by atoms with Gasteiger partial charge in [-0.25, -0.2) is 0 Å². The average molecular weight is 351 g/mol. The molecule has 134 valence electrons. The van der Waals surface area contributed by atoms with Gasteiger partial charge in [-0.2, -0.15) is 0 Å². The highest BCUT2D eigenvalue weighted by atomic mass is 35.5. The number of likely N-dealkylation sites (tertiary alicyclic amines) is 2. The summed E-state index contributed by atoms with van der Waals surface area (Å²) in [5.74, 6) is 0.230. The second kappa shape index (κ2) is 9.43. The van der Waals surface area contributed by atoms with Crippen LogP contribution in [0.4, 0.5) is 0 Å². The normalized spacial score (nSPS) is 22.0. The van der Waals surface area contributed by atoms with Crippen LogP contribution in [0.5, 0.6) is 0 Å². The molecule has 0 aromatic heterocycles. The molecule has 0 bridgehead atoms. The number of amides is 1. The van der Waals surface area contributed by atoms with Crippen LogP contribution < -0.4 is 0 Å². The monoisotopic (exact) mass is 350 g/mol. The molecule has 3 rings (SSSR count). The molecule has 2 saturated heterocycles. The number of hydrogen-bond acceptors (Lipinski definition) is 2. The lowest BCUT2D eigenvalue weighted by Crippen LogP contribution is -2.45. The molecule has 1 atom stereocenters. The molecule has 1 aromatic carbocycles. The van der Waals surface area contributed by atoms with Crippen LogP contribution in [-0.2, 0) is 0 Å². The van der Waals surface area contributed by atoms with E-state index < -0.39 is 0 Å². The Balaban J connectivity index is 0.00000208. The summed E-state index contributed by atoms with van der Waals surface area (Å²) < 4.78 is 0. The second-order valence-electron chi connectivity index (χ2n) is 7.21. The molecule has 2 aliphatic rings. The fourth-order valence-corrected chi connectivity index (χ4v) is 3.94. The molecule has 1 unspecified atom stereocenters. The fourth-order valence-electron chi connectivity index (χ4n) is 3.94. The van der Waals surface area contributed by atoms with Gasteiger partial charge in [-0.3, -0.25) is 4.79 Å². The van der Waals surface area contributed by atoms with Crippen LogP contribution in [0, 0.1) is 6.92 Å². The third-order valence-electron chi connectivity index (χ3n) is 5.41. The lowest BCUT2D eigenvalue weighted by atomic mass is 9.97. The zero-order valence-corrected chi connectivity index (χ0v) is 15.7. The molecule has 0 saturated carbocycles. The molecule has 0 aliphatic carbocycles. The van der Waals surface area contributed by atoms with Gasteiger partial charge in [-0.05, 0) is 70.7 Å². The van der Waals surface area contributed by atoms with Gasteiger partial charge in [0.25, 0.3) is 5.91 Å². The van der Waals surface area contributed by atoms with Gasteiger partial charge in [0.15, 0.2) is 0 Å². The van der Waals surface area contributed by atoms with E-state index >= 15 is 0 Å².